The molecule has 0 amide bonds. The molecule has 2 rings (SSSR count). The Morgan fingerprint density at radius 3 is 2.85 bits per heavy atom. The quantitative estimate of drug-likeness (QED) is 0.744. The lowest BCUT2D eigenvalue weighted by molar-refractivity contribution is 0.545. The van der Waals surface area contributed by atoms with Gasteiger partial charge in [-0.1, -0.05) is 42.6 Å². The minimum absolute atomic E-state index is 0.708. The second-order valence-corrected chi connectivity index (χ2v) is 6.48. The highest BCUT2D eigenvalue weighted by Crippen LogP contribution is 2.30. The number of fused-ring (bicyclic) bond motifs is 1. The molecule has 2 aromatic rings. The molecule has 3 N–H and O–H groups in total. The molecule has 0 saturated carbocycles. The van der Waals surface area contributed by atoms with E-state index in [0.717, 1.165) is 39.9 Å². The summed E-state index contributed by atoms with van der Waals surface area (Å²) in [5.74, 6) is 0.776. The maximum absolute atomic E-state index is 6.06. The van der Waals surface area contributed by atoms with Crippen LogP contribution in [0.4, 0.5) is 11.4 Å². The van der Waals surface area contributed by atoms with Crippen molar-refractivity contribution >= 4 is 38.2 Å². The topological polar surface area (TPSA) is 50.9 Å². The summed E-state index contributed by atoms with van der Waals surface area (Å²) in [6.45, 7) is 5.47. The van der Waals surface area contributed by atoms with Crippen molar-refractivity contribution < 1.29 is 0 Å². The molecule has 0 unspecified atom stereocenters. The van der Waals surface area contributed by atoms with Gasteiger partial charge < -0.3 is 11.1 Å². The predicted molar refractivity (Wildman–Crippen MR) is 91.0 cm³/mol. The average Bonchev–Trinajstić information content (AvgIpc) is 2.40. The van der Waals surface area contributed by atoms with Gasteiger partial charge in [0.15, 0.2) is 0 Å². The van der Waals surface area contributed by atoms with Crippen LogP contribution in [-0.4, -0.2) is 11.5 Å². The SMILES string of the molecule is CC(C)CCCCNc1c(N)cnc2ccc(Br)cc12. The molecule has 0 saturated heterocycles. The molecular formula is C16H22BrN3. The molecule has 0 aliphatic rings. The molecule has 0 aliphatic heterocycles. The van der Waals surface area contributed by atoms with Crippen molar-refractivity contribution in [2.45, 2.75) is 33.1 Å². The van der Waals surface area contributed by atoms with Crippen molar-refractivity contribution in [3.05, 3.63) is 28.9 Å². The number of nitrogens with one attached hydrogen (secondary N) is 1. The number of pyridine rings is 1. The van der Waals surface area contributed by atoms with Crippen molar-refractivity contribution in [1.82, 2.24) is 4.98 Å². The number of nitrogens with zero attached hydrogens (tertiary/aromatic N) is 1. The molecule has 0 radical (unpaired) electrons. The zero-order valence-corrected chi connectivity index (χ0v) is 13.7. The average molecular weight is 336 g/mol. The van der Waals surface area contributed by atoms with Gasteiger partial charge in [-0.15, -0.1) is 0 Å². The number of nitrogen functional groups attached to an aromatic ring is 1. The maximum Gasteiger partial charge on any atom is 0.0743 e. The van der Waals surface area contributed by atoms with E-state index in [2.05, 4.69) is 46.1 Å². The first kappa shape index (κ1) is 15.1. The van der Waals surface area contributed by atoms with Crippen LogP contribution >= 0.6 is 15.9 Å². The Bertz CT molecular complexity index is 576. The van der Waals surface area contributed by atoms with E-state index in [4.69, 9.17) is 5.73 Å². The van der Waals surface area contributed by atoms with Gasteiger partial charge in [-0.2, -0.15) is 0 Å². The summed E-state index contributed by atoms with van der Waals surface area (Å²) in [5, 5.41) is 4.54. The van der Waals surface area contributed by atoms with E-state index >= 15 is 0 Å². The Morgan fingerprint density at radius 1 is 1.30 bits per heavy atom. The molecule has 0 aliphatic carbocycles. The number of nitrogens with two attached hydrogens (primary N) is 1. The summed E-state index contributed by atoms with van der Waals surface area (Å²) in [7, 11) is 0. The van der Waals surface area contributed by atoms with E-state index in [9.17, 15) is 0 Å². The van der Waals surface area contributed by atoms with Crippen molar-refractivity contribution in [3.63, 3.8) is 0 Å². The first-order valence-corrected chi connectivity index (χ1v) is 7.95. The standard InChI is InChI=1S/C16H22BrN3/c1-11(2)5-3-4-8-19-16-13-9-12(17)6-7-15(13)20-10-14(16)18/h6-7,9-11H,3-5,8,18H2,1-2H3,(H,19,20). The van der Waals surface area contributed by atoms with Gasteiger partial charge in [-0.05, 0) is 30.5 Å². The Labute approximate surface area is 129 Å². The maximum atomic E-state index is 6.06. The fourth-order valence-electron chi connectivity index (χ4n) is 2.27. The fourth-order valence-corrected chi connectivity index (χ4v) is 2.63. The minimum Gasteiger partial charge on any atom is -0.396 e. The normalized spacial score (nSPS) is 11.2. The van der Waals surface area contributed by atoms with Gasteiger partial charge in [-0.25, -0.2) is 0 Å². The van der Waals surface area contributed by atoms with Crippen molar-refractivity contribution in [2.75, 3.05) is 17.6 Å². The number of hydrogen-bond acceptors (Lipinski definition) is 3. The summed E-state index contributed by atoms with van der Waals surface area (Å²) in [6.07, 6.45) is 5.42. The largest absolute Gasteiger partial charge is 0.396 e. The van der Waals surface area contributed by atoms with Crippen LogP contribution in [0.1, 0.15) is 33.1 Å². The van der Waals surface area contributed by atoms with Gasteiger partial charge in [0.05, 0.1) is 23.1 Å². The number of rotatable bonds is 6. The summed E-state index contributed by atoms with van der Waals surface area (Å²) in [4.78, 5) is 4.36. The van der Waals surface area contributed by atoms with Crippen LogP contribution in [0.3, 0.4) is 0 Å². The molecule has 0 spiro atoms. The van der Waals surface area contributed by atoms with Gasteiger partial charge in [-0.3, -0.25) is 4.98 Å². The van der Waals surface area contributed by atoms with Crippen LogP contribution in [-0.2, 0) is 0 Å². The highest BCUT2D eigenvalue weighted by Gasteiger charge is 2.06. The highest BCUT2D eigenvalue weighted by molar-refractivity contribution is 9.10. The molecule has 1 heterocycles. The summed E-state index contributed by atoms with van der Waals surface area (Å²) >= 11 is 3.50. The number of anilines is 2. The second-order valence-electron chi connectivity index (χ2n) is 5.57. The van der Waals surface area contributed by atoms with Crippen LogP contribution in [0.5, 0.6) is 0 Å². The molecule has 1 aromatic carbocycles. The van der Waals surface area contributed by atoms with Crippen molar-refractivity contribution in [1.29, 1.82) is 0 Å². The zero-order valence-electron chi connectivity index (χ0n) is 12.1. The highest BCUT2D eigenvalue weighted by atomic mass is 79.9. The van der Waals surface area contributed by atoms with Crippen molar-refractivity contribution in [2.24, 2.45) is 5.92 Å². The Balaban J connectivity index is 2.08. The van der Waals surface area contributed by atoms with Crippen LogP contribution in [0.2, 0.25) is 0 Å². The lowest BCUT2D eigenvalue weighted by Crippen LogP contribution is -2.06. The second kappa shape index (κ2) is 6.93. The summed E-state index contributed by atoms with van der Waals surface area (Å²) < 4.78 is 1.04. The van der Waals surface area contributed by atoms with E-state index in [0.29, 0.717) is 5.69 Å². The van der Waals surface area contributed by atoms with Crippen LogP contribution in [0.15, 0.2) is 28.9 Å². The lowest BCUT2D eigenvalue weighted by Gasteiger charge is -2.13. The third kappa shape index (κ3) is 3.85. The lowest BCUT2D eigenvalue weighted by atomic mass is 10.1. The smallest absolute Gasteiger partial charge is 0.0743 e. The molecule has 20 heavy (non-hydrogen) atoms. The summed E-state index contributed by atoms with van der Waals surface area (Å²) in [5.41, 5.74) is 8.73. The van der Waals surface area contributed by atoms with Crippen LogP contribution < -0.4 is 11.1 Å². The molecule has 0 bridgehead atoms. The fraction of sp³-hybridized carbons (Fsp3) is 0.438. The number of unbranched alkanes of at least 4 members (excludes halogenated alkanes) is 1. The molecule has 4 heteroatoms. The number of halogens is 1. The van der Waals surface area contributed by atoms with Crippen LogP contribution in [0.25, 0.3) is 10.9 Å². The van der Waals surface area contributed by atoms with Gasteiger partial charge >= 0.3 is 0 Å². The molecular weight excluding hydrogens is 314 g/mol. The third-order valence-electron chi connectivity index (χ3n) is 3.37. The number of aromatic nitrogens is 1. The zero-order chi connectivity index (χ0) is 14.5. The van der Waals surface area contributed by atoms with E-state index in [1.54, 1.807) is 6.20 Å². The van der Waals surface area contributed by atoms with Gasteiger partial charge in [0, 0.05) is 16.4 Å². The first-order chi connectivity index (χ1) is 9.58. The van der Waals surface area contributed by atoms with E-state index in [-0.39, 0.29) is 0 Å². The predicted octanol–water partition coefficient (Wildman–Crippen LogP) is 4.82. The third-order valence-corrected chi connectivity index (χ3v) is 3.86. The van der Waals surface area contributed by atoms with Gasteiger partial charge in [0.25, 0.3) is 0 Å². The Hall–Kier alpha value is -1.29. The van der Waals surface area contributed by atoms with E-state index in [1.807, 2.05) is 12.1 Å². The van der Waals surface area contributed by atoms with Gasteiger partial charge in [0.2, 0.25) is 0 Å². The first-order valence-electron chi connectivity index (χ1n) is 7.15. The minimum atomic E-state index is 0.708. The monoisotopic (exact) mass is 335 g/mol. The Kier molecular flexibility index (Phi) is 5.24. The number of benzene rings is 1. The molecule has 108 valence electrons. The molecule has 3 nitrogen and oxygen atoms in total. The molecule has 1 aromatic heterocycles. The summed E-state index contributed by atoms with van der Waals surface area (Å²) in [6, 6.07) is 6.07. The molecule has 0 fully saturated rings. The van der Waals surface area contributed by atoms with E-state index < -0.39 is 0 Å². The van der Waals surface area contributed by atoms with Gasteiger partial charge in [0.1, 0.15) is 0 Å². The van der Waals surface area contributed by atoms with Crippen molar-refractivity contribution in [3.8, 4) is 0 Å². The van der Waals surface area contributed by atoms with Crippen LogP contribution in [0, 0.1) is 5.92 Å². The Morgan fingerprint density at radius 2 is 2.10 bits per heavy atom. The number of hydrogen-bond donors (Lipinski definition) is 2. The van der Waals surface area contributed by atoms with E-state index in [1.165, 1.54) is 12.8 Å². The molecule has 0 atom stereocenters.